The summed E-state index contributed by atoms with van der Waals surface area (Å²) in [4.78, 5) is 23.0. The Bertz CT molecular complexity index is 1290. The minimum atomic E-state index is -0.215. The van der Waals surface area contributed by atoms with Gasteiger partial charge in [-0.2, -0.15) is 5.10 Å². The number of hydrogen-bond acceptors (Lipinski definition) is 5. The van der Waals surface area contributed by atoms with Gasteiger partial charge in [0.15, 0.2) is 0 Å². The van der Waals surface area contributed by atoms with E-state index >= 15 is 0 Å². The fourth-order valence-electron chi connectivity index (χ4n) is 4.32. The molecule has 9 heteroatoms. The van der Waals surface area contributed by atoms with Crippen LogP contribution < -0.4 is 16.0 Å². The van der Waals surface area contributed by atoms with E-state index in [1.807, 2.05) is 0 Å². The van der Waals surface area contributed by atoms with Crippen molar-refractivity contribution >= 4 is 44.2 Å². The van der Waals surface area contributed by atoms with Crippen molar-refractivity contribution in [3.05, 3.63) is 70.2 Å². The molecule has 4 heterocycles. The van der Waals surface area contributed by atoms with Gasteiger partial charge in [0.2, 0.25) is 0 Å². The largest absolute Gasteiger partial charge is 0.368 e. The molecule has 4 aromatic rings. The maximum atomic E-state index is 13.0. The van der Waals surface area contributed by atoms with Gasteiger partial charge in [0, 0.05) is 37.7 Å². The van der Waals surface area contributed by atoms with Crippen molar-refractivity contribution in [1.82, 2.24) is 19.7 Å². The highest BCUT2D eigenvalue weighted by Gasteiger charge is 2.24. The summed E-state index contributed by atoms with van der Waals surface area (Å²) in [5, 5.41) is 8.28. The lowest BCUT2D eigenvalue weighted by Gasteiger charge is -2.33. The number of carbonyl (C=O) groups is 1. The molecule has 8 nitrogen and oxygen atoms in total. The number of anilines is 2. The van der Waals surface area contributed by atoms with Gasteiger partial charge in [-0.3, -0.25) is 9.48 Å². The third kappa shape index (κ3) is 4.51. The second-order valence-electron chi connectivity index (χ2n) is 8.60. The average molecular weight is 508 g/mol. The maximum Gasteiger partial charge on any atom is 0.258 e. The summed E-state index contributed by atoms with van der Waals surface area (Å²) in [6, 6.07) is 8.42. The molecule has 1 fully saturated rings. The van der Waals surface area contributed by atoms with Crippen molar-refractivity contribution in [2.45, 2.75) is 32.4 Å². The molecule has 0 unspecified atom stereocenters. The lowest BCUT2D eigenvalue weighted by molar-refractivity contribution is 0.102. The highest BCUT2D eigenvalue weighted by molar-refractivity contribution is 9.10. The van der Waals surface area contributed by atoms with Crippen molar-refractivity contribution in [3.63, 3.8) is 0 Å². The SMILES string of the molecule is Cc1ccc(Cn2cc(C(=O)Nc3c[nH]c4ncc(Br)c(N5CCC[C@@H](N)C5)c34)cn2)cc1. The number of aryl methyl sites for hydroxylation is 1. The Morgan fingerprint density at radius 1 is 1.30 bits per heavy atom. The lowest BCUT2D eigenvalue weighted by Crippen LogP contribution is -2.43. The van der Waals surface area contributed by atoms with Crippen LogP contribution in [0.15, 0.2) is 53.5 Å². The zero-order chi connectivity index (χ0) is 22.9. The number of piperidine rings is 1. The zero-order valence-corrected chi connectivity index (χ0v) is 20.0. The molecule has 0 spiro atoms. The predicted molar refractivity (Wildman–Crippen MR) is 134 cm³/mol. The van der Waals surface area contributed by atoms with Crippen LogP contribution in [0.1, 0.15) is 34.3 Å². The van der Waals surface area contributed by atoms with Crippen LogP contribution in [0.25, 0.3) is 11.0 Å². The molecule has 1 atom stereocenters. The number of amides is 1. The molecule has 1 aromatic carbocycles. The third-order valence-electron chi connectivity index (χ3n) is 6.01. The highest BCUT2D eigenvalue weighted by Crippen LogP contribution is 2.38. The Labute approximate surface area is 200 Å². The molecular weight excluding hydrogens is 482 g/mol. The average Bonchev–Trinajstić information content (AvgIpc) is 3.43. The van der Waals surface area contributed by atoms with E-state index in [0.717, 1.165) is 52.7 Å². The fourth-order valence-corrected chi connectivity index (χ4v) is 4.87. The van der Waals surface area contributed by atoms with E-state index in [1.165, 1.54) is 5.56 Å². The zero-order valence-electron chi connectivity index (χ0n) is 18.4. The smallest absolute Gasteiger partial charge is 0.258 e. The van der Waals surface area contributed by atoms with Gasteiger partial charge in [-0.25, -0.2) is 4.98 Å². The number of nitrogens with one attached hydrogen (secondary N) is 2. The summed E-state index contributed by atoms with van der Waals surface area (Å²) in [7, 11) is 0. The first-order chi connectivity index (χ1) is 16.0. The molecule has 5 rings (SSSR count). The van der Waals surface area contributed by atoms with Gasteiger partial charge in [-0.15, -0.1) is 0 Å². The number of nitrogens with zero attached hydrogens (tertiary/aromatic N) is 4. The molecule has 1 aliphatic heterocycles. The summed E-state index contributed by atoms with van der Waals surface area (Å²) in [6.07, 6.45) is 8.98. The van der Waals surface area contributed by atoms with Gasteiger partial charge in [0.1, 0.15) is 5.65 Å². The number of benzene rings is 1. The second kappa shape index (κ2) is 8.99. The van der Waals surface area contributed by atoms with Crippen molar-refractivity contribution in [3.8, 4) is 0 Å². The van der Waals surface area contributed by atoms with E-state index in [2.05, 4.69) is 72.4 Å². The van der Waals surface area contributed by atoms with Crippen LogP contribution in [-0.4, -0.2) is 44.8 Å². The van der Waals surface area contributed by atoms with Gasteiger partial charge in [-0.1, -0.05) is 29.8 Å². The van der Waals surface area contributed by atoms with Gasteiger partial charge >= 0.3 is 0 Å². The monoisotopic (exact) mass is 507 g/mol. The van der Waals surface area contributed by atoms with E-state index < -0.39 is 0 Å². The van der Waals surface area contributed by atoms with E-state index in [9.17, 15) is 4.79 Å². The van der Waals surface area contributed by atoms with Crippen LogP contribution in [0, 0.1) is 6.92 Å². The van der Waals surface area contributed by atoms with Gasteiger partial charge in [0.25, 0.3) is 5.91 Å². The normalized spacial score (nSPS) is 16.3. The van der Waals surface area contributed by atoms with Crippen molar-refractivity contribution in [2.75, 3.05) is 23.3 Å². The van der Waals surface area contributed by atoms with E-state index in [0.29, 0.717) is 17.8 Å². The minimum Gasteiger partial charge on any atom is -0.368 e. The number of fused-ring (bicyclic) bond motifs is 1. The summed E-state index contributed by atoms with van der Waals surface area (Å²) in [5.41, 5.74) is 11.5. The third-order valence-corrected chi connectivity index (χ3v) is 6.59. The molecular formula is C24H26BrN7O. The number of carbonyl (C=O) groups excluding carboxylic acids is 1. The molecule has 1 saturated heterocycles. The second-order valence-corrected chi connectivity index (χ2v) is 9.45. The molecule has 4 N–H and O–H groups in total. The minimum absolute atomic E-state index is 0.130. The summed E-state index contributed by atoms with van der Waals surface area (Å²) >= 11 is 3.66. The van der Waals surface area contributed by atoms with Crippen LogP contribution >= 0.6 is 15.9 Å². The number of halogens is 1. The van der Waals surface area contributed by atoms with Crippen LogP contribution in [0.2, 0.25) is 0 Å². The lowest BCUT2D eigenvalue weighted by atomic mass is 10.1. The first kappa shape index (κ1) is 21.7. The quantitative estimate of drug-likeness (QED) is 0.377. The number of hydrogen-bond donors (Lipinski definition) is 3. The molecule has 170 valence electrons. The van der Waals surface area contributed by atoms with Gasteiger partial charge in [-0.05, 0) is 41.3 Å². The Kier molecular flexibility index (Phi) is 5.90. The van der Waals surface area contributed by atoms with E-state index in [-0.39, 0.29) is 11.9 Å². The molecule has 0 bridgehead atoms. The molecule has 3 aromatic heterocycles. The Morgan fingerprint density at radius 3 is 2.91 bits per heavy atom. The number of rotatable bonds is 5. The Hall–Kier alpha value is -3.17. The molecule has 1 aliphatic rings. The Morgan fingerprint density at radius 2 is 2.12 bits per heavy atom. The van der Waals surface area contributed by atoms with Crippen LogP contribution in [-0.2, 0) is 6.54 Å². The molecule has 1 amide bonds. The number of aromatic nitrogens is 4. The van der Waals surface area contributed by atoms with E-state index in [4.69, 9.17) is 5.73 Å². The maximum absolute atomic E-state index is 13.0. The standard InChI is InChI=1S/C24H26BrN7O/c1-15-4-6-16(7-5-15)12-32-13-17(9-29-32)24(33)30-20-11-28-23-21(20)22(19(25)10-27-23)31-8-2-3-18(26)14-31/h4-7,9-11,13,18H,2-3,8,12,14,26H2,1H3,(H,27,28)(H,30,33)/t18-/m1/s1. The summed E-state index contributed by atoms with van der Waals surface area (Å²) < 4.78 is 2.65. The van der Waals surface area contributed by atoms with Crippen molar-refractivity contribution < 1.29 is 4.79 Å². The number of H-pyrrole nitrogens is 1. The summed E-state index contributed by atoms with van der Waals surface area (Å²) in [5.74, 6) is -0.215. The number of nitrogens with two attached hydrogens (primary N) is 1. The predicted octanol–water partition coefficient (Wildman–Crippen LogP) is 4.06. The number of aromatic amines is 1. The molecule has 33 heavy (non-hydrogen) atoms. The fraction of sp³-hybridized carbons (Fsp3) is 0.292. The van der Waals surface area contributed by atoms with Crippen molar-refractivity contribution in [2.24, 2.45) is 5.73 Å². The van der Waals surface area contributed by atoms with Crippen LogP contribution in [0.3, 0.4) is 0 Å². The van der Waals surface area contributed by atoms with Crippen molar-refractivity contribution in [1.29, 1.82) is 0 Å². The highest BCUT2D eigenvalue weighted by atomic mass is 79.9. The number of pyridine rings is 1. The van der Waals surface area contributed by atoms with E-state index in [1.54, 1.807) is 29.5 Å². The first-order valence-corrected chi connectivity index (χ1v) is 11.8. The van der Waals surface area contributed by atoms with Gasteiger partial charge < -0.3 is 20.9 Å². The molecule has 0 aliphatic carbocycles. The topological polar surface area (TPSA) is 105 Å². The van der Waals surface area contributed by atoms with Gasteiger partial charge in [0.05, 0.1) is 39.5 Å². The molecule has 0 radical (unpaired) electrons. The Balaban J connectivity index is 1.39. The first-order valence-electron chi connectivity index (χ1n) is 11.0. The summed E-state index contributed by atoms with van der Waals surface area (Å²) in [6.45, 7) is 4.35. The van der Waals surface area contributed by atoms with Crippen LogP contribution in [0.5, 0.6) is 0 Å². The van der Waals surface area contributed by atoms with Crippen LogP contribution in [0.4, 0.5) is 11.4 Å². The molecule has 0 saturated carbocycles.